The molecule has 0 spiro atoms. The zero-order valence-electron chi connectivity index (χ0n) is 17.5. The van der Waals surface area contributed by atoms with E-state index in [0.717, 1.165) is 23.3 Å². The lowest BCUT2D eigenvalue weighted by atomic mass is 10.1. The molecule has 8 nitrogen and oxygen atoms in total. The molecule has 12 heteroatoms. The van der Waals surface area contributed by atoms with Crippen LogP contribution in [0.3, 0.4) is 0 Å². The van der Waals surface area contributed by atoms with Gasteiger partial charge in [0.15, 0.2) is 5.82 Å². The average Bonchev–Trinajstić information content (AvgIpc) is 3.26. The van der Waals surface area contributed by atoms with Crippen molar-refractivity contribution in [3.8, 4) is 11.6 Å². The van der Waals surface area contributed by atoms with E-state index in [4.69, 9.17) is 4.74 Å². The molecule has 0 aliphatic carbocycles. The van der Waals surface area contributed by atoms with E-state index in [2.05, 4.69) is 20.2 Å². The number of hydrogen-bond donors (Lipinski definition) is 0. The first-order valence-corrected chi connectivity index (χ1v) is 9.61. The average molecular weight is 452 g/mol. The van der Waals surface area contributed by atoms with Crippen molar-refractivity contribution < 1.29 is 27.1 Å². The maximum atomic E-state index is 14.5. The van der Waals surface area contributed by atoms with Crippen LogP contribution in [0.25, 0.3) is 5.69 Å². The first-order chi connectivity index (χ1) is 15.1. The van der Waals surface area contributed by atoms with E-state index in [1.54, 1.807) is 13.8 Å². The summed E-state index contributed by atoms with van der Waals surface area (Å²) in [7, 11) is 0. The van der Waals surface area contributed by atoms with Gasteiger partial charge in [-0.2, -0.15) is 19.0 Å². The van der Waals surface area contributed by atoms with Gasteiger partial charge in [-0.1, -0.05) is 0 Å². The summed E-state index contributed by atoms with van der Waals surface area (Å²) in [5.74, 6) is -5.73. The maximum Gasteiger partial charge on any atom is 0.288 e. The number of likely N-dealkylation sites (N-methyl/N-ethyl adjacent to an activating group) is 1. The quantitative estimate of drug-likeness (QED) is 0.487. The fraction of sp³-hybridized carbons (Fsp3) is 0.350. The van der Waals surface area contributed by atoms with Gasteiger partial charge in [0.25, 0.3) is 11.8 Å². The Kier molecular flexibility index (Phi) is 6.70. The summed E-state index contributed by atoms with van der Waals surface area (Å²) in [6, 6.07) is 0.988. The molecular formula is C20H20F4N6O2. The van der Waals surface area contributed by atoms with E-state index in [0.29, 0.717) is 13.0 Å². The van der Waals surface area contributed by atoms with Gasteiger partial charge in [0.05, 0.1) is 36.4 Å². The third kappa shape index (κ3) is 5.01. The van der Waals surface area contributed by atoms with E-state index in [9.17, 15) is 22.4 Å². The minimum atomic E-state index is -3.13. The van der Waals surface area contributed by atoms with E-state index < -0.39 is 35.2 Å². The monoisotopic (exact) mass is 452 g/mol. The van der Waals surface area contributed by atoms with E-state index in [1.165, 1.54) is 17.3 Å². The number of nitrogens with zero attached hydrogens (tertiary/aromatic N) is 6. The highest BCUT2D eigenvalue weighted by Crippen LogP contribution is 2.25. The van der Waals surface area contributed by atoms with Crippen LogP contribution in [0.2, 0.25) is 0 Å². The van der Waals surface area contributed by atoms with Gasteiger partial charge >= 0.3 is 0 Å². The molecule has 0 N–H and O–H groups in total. The van der Waals surface area contributed by atoms with Crippen molar-refractivity contribution in [1.82, 2.24) is 29.9 Å². The summed E-state index contributed by atoms with van der Waals surface area (Å²) in [5, 5.41) is 7.66. The molecule has 0 aliphatic heterocycles. The Balaban J connectivity index is 1.79. The first kappa shape index (κ1) is 23.1. The van der Waals surface area contributed by atoms with Crippen molar-refractivity contribution in [3.63, 3.8) is 0 Å². The fourth-order valence-electron chi connectivity index (χ4n) is 2.99. The van der Waals surface area contributed by atoms with Crippen LogP contribution >= 0.6 is 0 Å². The molecule has 2 aromatic heterocycles. The molecule has 170 valence electrons. The van der Waals surface area contributed by atoms with E-state index in [-0.39, 0.29) is 30.3 Å². The van der Waals surface area contributed by atoms with Crippen molar-refractivity contribution in [3.05, 3.63) is 59.8 Å². The summed E-state index contributed by atoms with van der Waals surface area (Å²) in [4.78, 5) is 22.8. The second kappa shape index (κ2) is 9.28. The third-order valence-electron chi connectivity index (χ3n) is 4.56. The molecule has 3 rings (SSSR count). The van der Waals surface area contributed by atoms with Crippen molar-refractivity contribution in [2.24, 2.45) is 0 Å². The molecule has 3 aromatic rings. The fourth-order valence-corrected chi connectivity index (χ4v) is 2.99. The predicted octanol–water partition coefficient (Wildman–Crippen LogP) is 3.38. The second-order valence-corrected chi connectivity index (χ2v) is 6.98. The number of carbonyl (C=O) groups excluding carboxylic acids is 1. The van der Waals surface area contributed by atoms with E-state index >= 15 is 0 Å². The van der Waals surface area contributed by atoms with Crippen molar-refractivity contribution in [1.29, 1.82) is 0 Å². The predicted molar refractivity (Wildman–Crippen MR) is 105 cm³/mol. The highest BCUT2D eigenvalue weighted by Gasteiger charge is 2.28. The van der Waals surface area contributed by atoms with Gasteiger partial charge in [-0.25, -0.2) is 18.7 Å². The number of hydrogen-bond acceptors (Lipinski definition) is 6. The van der Waals surface area contributed by atoms with Gasteiger partial charge < -0.3 is 9.64 Å². The number of rotatable bonds is 8. The number of halogens is 4. The Labute approximate surface area is 180 Å². The molecule has 0 saturated carbocycles. The number of amides is 1. The van der Waals surface area contributed by atoms with Crippen LogP contribution in [0.4, 0.5) is 17.6 Å². The van der Waals surface area contributed by atoms with Crippen LogP contribution in [-0.2, 0) is 5.92 Å². The lowest BCUT2D eigenvalue weighted by molar-refractivity contribution is 0.0121. The summed E-state index contributed by atoms with van der Waals surface area (Å²) < 4.78 is 60.3. The molecule has 1 aromatic carbocycles. The third-order valence-corrected chi connectivity index (χ3v) is 4.56. The summed E-state index contributed by atoms with van der Waals surface area (Å²) in [6.45, 7) is 4.18. The number of aromatic nitrogens is 5. The molecular weight excluding hydrogens is 432 g/mol. The van der Waals surface area contributed by atoms with Crippen LogP contribution in [-0.4, -0.2) is 55.0 Å². The first-order valence-electron chi connectivity index (χ1n) is 9.61. The summed E-state index contributed by atoms with van der Waals surface area (Å²) >= 11 is 0. The lowest BCUT2D eigenvalue weighted by Crippen LogP contribution is -2.42. The van der Waals surface area contributed by atoms with Crippen LogP contribution in [0.5, 0.6) is 5.88 Å². The molecule has 0 bridgehead atoms. The SMILES string of the molecule is CCN(C(=O)c1cc(F)cc(F)c1-n1nccn1)[C@@H](C)COc1cnc(C(C)(F)F)cn1. The van der Waals surface area contributed by atoms with Crippen molar-refractivity contribution in [2.75, 3.05) is 13.2 Å². The molecule has 1 amide bonds. The molecule has 2 heterocycles. The number of ether oxygens (including phenoxy) is 1. The van der Waals surface area contributed by atoms with Gasteiger partial charge in [-0.15, -0.1) is 4.80 Å². The maximum absolute atomic E-state index is 14.5. The highest BCUT2D eigenvalue weighted by atomic mass is 19.3. The van der Waals surface area contributed by atoms with Gasteiger partial charge in [0.2, 0.25) is 5.88 Å². The summed E-state index contributed by atoms with van der Waals surface area (Å²) in [6.07, 6.45) is 4.56. The summed E-state index contributed by atoms with van der Waals surface area (Å²) in [5.41, 5.74) is -1.05. The molecule has 0 saturated heterocycles. The number of carbonyl (C=O) groups is 1. The molecule has 0 fully saturated rings. The Hall–Kier alpha value is -3.57. The minimum absolute atomic E-state index is 0.00779. The van der Waals surface area contributed by atoms with Gasteiger partial charge in [0, 0.05) is 19.5 Å². The zero-order chi connectivity index (χ0) is 23.5. The van der Waals surface area contributed by atoms with Gasteiger partial charge in [-0.05, 0) is 19.9 Å². The van der Waals surface area contributed by atoms with Crippen LogP contribution in [0, 0.1) is 11.6 Å². The Morgan fingerprint density at radius 1 is 1.19 bits per heavy atom. The molecule has 32 heavy (non-hydrogen) atoms. The lowest BCUT2D eigenvalue weighted by Gasteiger charge is -2.28. The normalized spacial score (nSPS) is 12.5. The van der Waals surface area contributed by atoms with Gasteiger partial charge in [-0.3, -0.25) is 4.79 Å². The molecule has 0 unspecified atom stereocenters. The van der Waals surface area contributed by atoms with Crippen LogP contribution < -0.4 is 4.74 Å². The molecule has 1 atom stereocenters. The van der Waals surface area contributed by atoms with Crippen molar-refractivity contribution >= 4 is 5.91 Å². The smallest absolute Gasteiger partial charge is 0.288 e. The van der Waals surface area contributed by atoms with Crippen LogP contribution in [0.1, 0.15) is 36.8 Å². The molecule has 0 aliphatic rings. The second-order valence-electron chi connectivity index (χ2n) is 6.98. The number of alkyl halides is 2. The molecule has 0 radical (unpaired) electrons. The Bertz CT molecular complexity index is 1070. The highest BCUT2D eigenvalue weighted by molar-refractivity contribution is 5.98. The topological polar surface area (TPSA) is 86.0 Å². The van der Waals surface area contributed by atoms with Crippen molar-refractivity contribution in [2.45, 2.75) is 32.7 Å². The van der Waals surface area contributed by atoms with Crippen LogP contribution in [0.15, 0.2) is 36.9 Å². The number of benzene rings is 1. The van der Waals surface area contributed by atoms with E-state index in [1.807, 2.05) is 0 Å². The Morgan fingerprint density at radius 3 is 2.44 bits per heavy atom. The Morgan fingerprint density at radius 2 is 1.88 bits per heavy atom. The zero-order valence-corrected chi connectivity index (χ0v) is 17.5. The largest absolute Gasteiger partial charge is 0.474 e. The van der Waals surface area contributed by atoms with Gasteiger partial charge in [0.1, 0.15) is 23.8 Å². The minimum Gasteiger partial charge on any atom is -0.474 e. The standard InChI is InChI=1S/C20H20F4N6O2/c1-4-29(12(2)11-32-17-10-25-16(9-26-17)20(3,23)24)19(31)14-7-13(21)8-15(22)18(14)30-27-5-6-28-30/h5-10,12H,4,11H2,1-3H3/t12-/m0/s1.